The van der Waals surface area contributed by atoms with Crippen LogP contribution in [0.1, 0.15) is 39.2 Å². The number of rotatable bonds is 5. The van der Waals surface area contributed by atoms with E-state index in [1.54, 1.807) is 0 Å². The third-order valence-corrected chi connectivity index (χ3v) is 4.50. The number of halogens is 2. The average Bonchev–Trinajstić information content (AvgIpc) is 2.30. The maximum atomic E-state index is 6.06. The van der Waals surface area contributed by atoms with Gasteiger partial charge in [0.1, 0.15) is 0 Å². The Labute approximate surface area is 112 Å². The van der Waals surface area contributed by atoms with E-state index in [0.717, 1.165) is 28.9 Å². The molecule has 90 valence electrons. The van der Waals surface area contributed by atoms with Gasteiger partial charge in [-0.15, -0.1) is 0 Å². The zero-order chi connectivity index (χ0) is 12.2. The van der Waals surface area contributed by atoms with Crippen LogP contribution in [0.25, 0.3) is 0 Å². The molecule has 0 amide bonds. The summed E-state index contributed by atoms with van der Waals surface area (Å²) in [5.74, 6) is 0. The van der Waals surface area contributed by atoms with Gasteiger partial charge in [0.2, 0.25) is 0 Å². The normalized spacial score (nSPS) is 11.8. The molecule has 0 unspecified atom stereocenters. The van der Waals surface area contributed by atoms with Crippen molar-refractivity contribution in [3.8, 4) is 0 Å². The molecule has 1 nitrogen and oxygen atoms in total. The Bertz CT molecular complexity index is 348. The summed E-state index contributed by atoms with van der Waals surface area (Å²) in [6.45, 7) is 7.55. The largest absolute Gasteiger partial charge is 0.307 e. The van der Waals surface area contributed by atoms with Crippen LogP contribution in [-0.2, 0) is 6.54 Å². The molecule has 0 fully saturated rings. The monoisotopic (exact) mass is 303 g/mol. The van der Waals surface area contributed by atoms with Crippen LogP contribution in [0.3, 0.4) is 0 Å². The first-order valence-corrected chi connectivity index (χ1v) is 6.87. The summed E-state index contributed by atoms with van der Waals surface area (Å²) in [6, 6.07) is 6.09. The average molecular weight is 305 g/mol. The van der Waals surface area contributed by atoms with Crippen LogP contribution in [0.2, 0.25) is 5.02 Å². The van der Waals surface area contributed by atoms with E-state index >= 15 is 0 Å². The van der Waals surface area contributed by atoms with E-state index < -0.39 is 0 Å². The highest BCUT2D eigenvalue weighted by molar-refractivity contribution is 9.10. The summed E-state index contributed by atoms with van der Waals surface area (Å²) in [4.78, 5) is 0. The lowest BCUT2D eigenvalue weighted by Gasteiger charge is -2.28. The predicted octanol–water partition coefficient (Wildman–Crippen LogP) is 4.77. The van der Waals surface area contributed by atoms with Crippen LogP contribution < -0.4 is 5.32 Å². The van der Waals surface area contributed by atoms with Crippen molar-refractivity contribution >= 4 is 27.5 Å². The lowest BCUT2D eigenvalue weighted by Crippen LogP contribution is -2.40. The van der Waals surface area contributed by atoms with Gasteiger partial charge in [0.05, 0.1) is 5.02 Å². The second-order valence-corrected chi connectivity index (χ2v) is 5.63. The van der Waals surface area contributed by atoms with Crippen LogP contribution in [0, 0.1) is 0 Å². The summed E-state index contributed by atoms with van der Waals surface area (Å²) in [6.07, 6.45) is 2.27. The molecular formula is C13H19BrClN. The summed E-state index contributed by atoms with van der Waals surface area (Å²) in [7, 11) is 0. The molecule has 0 aliphatic carbocycles. The first-order chi connectivity index (χ1) is 7.50. The summed E-state index contributed by atoms with van der Waals surface area (Å²) < 4.78 is 0.951. The fourth-order valence-corrected chi connectivity index (χ4v) is 1.91. The van der Waals surface area contributed by atoms with Gasteiger partial charge in [-0.1, -0.05) is 31.5 Å². The molecule has 16 heavy (non-hydrogen) atoms. The van der Waals surface area contributed by atoms with E-state index in [2.05, 4.69) is 48.1 Å². The van der Waals surface area contributed by atoms with E-state index in [1.165, 1.54) is 5.56 Å². The Morgan fingerprint density at radius 3 is 2.44 bits per heavy atom. The van der Waals surface area contributed by atoms with Gasteiger partial charge in [-0.3, -0.25) is 0 Å². The molecule has 3 heteroatoms. The summed E-state index contributed by atoms with van der Waals surface area (Å²) >= 11 is 9.45. The molecule has 0 heterocycles. The van der Waals surface area contributed by atoms with Crippen LogP contribution >= 0.6 is 27.5 Å². The maximum absolute atomic E-state index is 6.06. The Hall–Kier alpha value is -0.0500. The van der Waals surface area contributed by atoms with Gasteiger partial charge in [0, 0.05) is 16.6 Å². The third-order valence-electron chi connectivity index (χ3n) is 3.26. The number of nitrogens with one attached hydrogen (secondary N) is 1. The molecule has 0 radical (unpaired) electrons. The van der Waals surface area contributed by atoms with Crippen molar-refractivity contribution in [2.24, 2.45) is 0 Å². The van der Waals surface area contributed by atoms with Crippen molar-refractivity contribution in [3.63, 3.8) is 0 Å². The zero-order valence-electron chi connectivity index (χ0n) is 10.1. The maximum Gasteiger partial charge on any atom is 0.0551 e. The number of hydrogen-bond donors (Lipinski definition) is 1. The van der Waals surface area contributed by atoms with Crippen molar-refractivity contribution in [1.29, 1.82) is 0 Å². The SMILES string of the molecule is CCC(C)(CC)NCc1ccc(Br)c(Cl)c1. The minimum Gasteiger partial charge on any atom is -0.307 e. The fourth-order valence-electron chi connectivity index (χ4n) is 1.47. The molecule has 0 aliphatic heterocycles. The topological polar surface area (TPSA) is 12.0 Å². The lowest BCUT2D eigenvalue weighted by molar-refractivity contribution is 0.329. The van der Waals surface area contributed by atoms with Gasteiger partial charge < -0.3 is 5.32 Å². The highest BCUT2D eigenvalue weighted by Gasteiger charge is 2.18. The zero-order valence-corrected chi connectivity index (χ0v) is 12.5. The molecular weight excluding hydrogens is 286 g/mol. The molecule has 1 aromatic carbocycles. The predicted molar refractivity (Wildman–Crippen MR) is 75.0 cm³/mol. The van der Waals surface area contributed by atoms with Crippen molar-refractivity contribution in [2.75, 3.05) is 0 Å². The van der Waals surface area contributed by atoms with E-state index in [9.17, 15) is 0 Å². The van der Waals surface area contributed by atoms with E-state index in [1.807, 2.05) is 12.1 Å². The Kier molecular flexibility index (Phi) is 5.29. The molecule has 0 saturated carbocycles. The minimum atomic E-state index is 0.222. The van der Waals surface area contributed by atoms with E-state index in [0.29, 0.717) is 0 Å². The van der Waals surface area contributed by atoms with Gasteiger partial charge >= 0.3 is 0 Å². The Morgan fingerprint density at radius 2 is 1.94 bits per heavy atom. The van der Waals surface area contributed by atoms with Gasteiger partial charge in [0.25, 0.3) is 0 Å². The number of hydrogen-bond acceptors (Lipinski definition) is 1. The van der Waals surface area contributed by atoms with Crippen LogP contribution in [0.4, 0.5) is 0 Å². The third kappa shape index (κ3) is 3.76. The standard InChI is InChI=1S/C13H19BrClN/c1-4-13(3,5-2)16-9-10-6-7-11(14)12(15)8-10/h6-8,16H,4-5,9H2,1-3H3. The van der Waals surface area contributed by atoms with Gasteiger partial charge in [-0.25, -0.2) is 0 Å². The van der Waals surface area contributed by atoms with Crippen LogP contribution in [0.15, 0.2) is 22.7 Å². The second-order valence-electron chi connectivity index (χ2n) is 4.37. The van der Waals surface area contributed by atoms with Crippen molar-refractivity contribution < 1.29 is 0 Å². The molecule has 1 aromatic rings. The van der Waals surface area contributed by atoms with Crippen molar-refractivity contribution in [2.45, 2.75) is 45.7 Å². The van der Waals surface area contributed by atoms with E-state index in [4.69, 9.17) is 11.6 Å². The lowest BCUT2D eigenvalue weighted by atomic mass is 9.95. The molecule has 0 bridgehead atoms. The Balaban J connectivity index is 2.64. The molecule has 0 aliphatic rings. The highest BCUT2D eigenvalue weighted by atomic mass is 79.9. The van der Waals surface area contributed by atoms with Crippen LogP contribution in [-0.4, -0.2) is 5.54 Å². The number of benzene rings is 1. The van der Waals surface area contributed by atoms with E-state index in [-0.39, 0.29) is 5.54 Å². The molecule has 0 saturated heterocycles. The Morgan fingerprint density at radius 1 is 1.31 bits per heavy atom. The fraction of sp³-hybridized carbons (Fsp3) is 0.538. The second kappa shape index (κ2) is 6.04. The smallest absolute Gasteiger partial charge is 0.0551 e. The first-order valence-electron chi connectivity index (χ1n) is 5.69. The quantitative estimate of drug-likeness (QED) is 0.826. The molecule has 0 atom stereocenters. The van der Waals surface area contributed by atoms with Crippen LogP contribution in [0.5, 0.6) is 0 Å². The summed E-state index contributed by atoms with van der Waals surface area (Å²) in [5.41, 5.74) is 1.45. The van der Waals surface area contributed by atoms with Gasteiger partial charge in [-0.2, -0.15) is 0 Å². The van der Waals surface area contributed by atoms with Crippen molar-refractivity contribution in [1.82, 2.24) is 5.32 Å². The molecule has 0 aromatic heterocycles. The highest BCUT2D eigenvalue weighted by Crippen LogP contribution is 2.23. The first kappa shape index (κ1) is 14.0. The molecule has 0 spiro atoms. The molecule has 1 N–H and O–H groups in total. The van der Waals surface area contributed by atoms with Crippen molar-refractivity contribution in [3.05, 3.63) is 33.3 Å². The summed E-state index contributed by atoms with van der Waals surface area (Å²) in [5, 5.41) is 4.36. The molecule has 1 rings (SSSR count). The van der Waals surface area contributed by atoms with Gasteiger partial charge in [0.15, 0.2) is 0 Å². The minimum absolute atomic E-state index is 0.222. The van der Waals surface area contributed by atoms with Gasteiger partial charge in [-0.05, 0) is 53.4 Å².